The largest absolute Gasteiger partial charge is 0.388 e. The van der Waals surface area contributed by atoms with Crippen LogP contribution in [0.4, 0.5) is 0 Å². The van der Waals surface area contributed by atoms with Crippen molar-refractivity contribution in [2.24, 2.45) is 0 Å². The molecule has 2 heterocycles. The summed E-state index contributed by atoms with van der Waals surface area (Å²) in [6.45, 7) is 3.65. The maximum Gasteiger partial charge on any atom is 0.277 e. The van der Waals surface area contributed by atoms with Crippen molar-refractivity contribution in [3.63, 3.8) is 0 Å². The molecule has 15 heavy (non-hydrogen) atoms. The Bertz CT molecular complexity index is 541. The van der Waals surface area contributed by atoms with E-state index < -0.39 is 0 Å². The lowest BCUT2D eigenvalue weighted by Gasteiger charge is -2.03. The van der Waals surface area contributed by atoms with Gasteiger partial charge in [-0.3, -0.25) is 4.79 Å². The van der Waals surface area contributed by atoms with Crippen molar-refractivity contribution in [3.8, 4) is 0 Å². The lowest BCUT2D eigenvalue weighted by molar-refractivity contribution is 0.268. The molecule has 2 N–H and O–H groups in total. The number of fused-ring (bicyclic) bond motifs is 1. The molecule has 0 atom stereocenters. The minimum atomic E-state index is -0.291. The summed E-state index contributed by atoms with van der Waals surface area (Å²) in [7, 11) is 0. The quantitative estimate of drug-likeness (QED) is 0.729. The van der Waals surface area contributed by atoms with Gasteiger partial charge in [-0.2, -0.15) is 5.10 Å². The molecule has 0 radical (unpaired) electrons. The van der Waals surface area contributed by atoms with Gasteiger partial charge in [-0.25, -0.2) is 9.50 Å². The van der Waals surface area contributed by atoms with Gasteiger partial charge < -0.3 is 10.1 Å². The molecule has 0 amide bonds. The molecule has 0 bridgehead atoms. The Morgan fingerprint density at radius 2 is 2.33 bits per heavy atom. The second-order valence-electron chi connectivity index (χ2n) is 3.63. The Morgan fingerprint density at radius 1 is 1.60 bits per heavy atom. The minimum Gasteiger partial charge on any atom is -0.388 e. The van der Waals surface area contributed by atoms with Crippen molar-refractivity contribution in [1.82, 2.24) is 19.6 Å². The molecular formula is C9H12N4O2. The third kappa shape index (κ3) is 1.52. The molecule has 6 heteroatoms. The molecule has 2 aromatic heterocycles. The third-order valence-electron chi connectivity index (χ3n) is 2.14. The van der Waals surface area contributed by atoms with Crippen molar-refractivity contribution in [2.75, 3.05) is 0 Å². The number of aromatic nitrogens is 4. The van der Waals surface area contributed by atoms with Crippen molar-refractivity contribution >= 4 is 5.52 Å². The van der Waals surface area contributed by atoms with Gasteiger partial charge in [0.15, 0.2) is 11.3 Å². The first kappa shape index (κ1) is 9.85. The number of aliphatic hydroxyl groups excluding tert-OH is 1. The Balaban J connectivity index is 2.78. The summed E-state index contributed by atoms with van der Waals surface area (Å²) in [6, 6.07) is 0. The van der Waals surface area contributed by atoms with Crippen LogP contribution in [0.5, 0.6) is 0 Å². The number of hydrogen-bond acceptors (Lipinski definition) is 4. The first-order chi connectivity index (χ1) is 7.13. The van der Waals surface area contributed by atoms with E-state index in [2.05, 4.69) is 15.1 Å². The SMILES string of the molecule is CC(C)c1ncc2c(=O)[nH]c(CO)nn12. The Kier molecular flexibility index (Phi) is 2.28. The van der Waals surface area contributed by atoms with E-state index in [1.807, 2.05) is 13.8 Å². The number of nitrogens with zero attached hydrogens (tertiary/aromatic N) is 3. The van der Waals surface area contributed by atoms with E-state index in [-0.39, 0.29) is 23.9 Å². The predicted molar refractivity (Wildman–Crippen MR) is 53.6 cm³/mol. The average Bonchev–Trinajstić information content (AvgIpc) is 2.61. The molecule has 0 aliphatic carbocycles. The lowest BCUT2D eigenvalue weighted by Crippen LogP contribution is -2.17. The van der Waals surface area contributed by atoms with Crippen LogP contribution in [-0.2, 0) is 6.61 Å². The zero-order valence-corrected chi connectivity index (χ0v) is 8.56. The van der Waals surface area contributed by atoms with Gasteiger partial charge in [0.05, 0.1) is 6.20 Å². The molecule has 6 nitrogen and oxygen atoms in total. The highest BCUT2D eigenvalue weighted by atomic mass is 16.3. The summed E-state index contributed by atoms with van der Waals surface area (Å²) in [5.74, 6) is 1.13. The second-order valence-corrected chi connectivity index (χ2v) is 3.63. The van der Waals surface area contributed by atoms with E-state index >= 15 is 0 Å². The normalized spacial score (nSPS) is 11.5. The minimum absolute atomic E-state index is 0.174. The smallest absolute Gasteiger partial charge is 0.277 e. The number of hydrogen-bond donors (Lipinski definition) is 2. The van der Waals surface area contributed by atoms with Gasteiger partial charge in [-0.15, -0.1) is 0 Å². The van der Waals surface area contributed by atoms with Crippen molar-refractivity contribution in [2.45, 2.75) is 26.4 Å². The summed E-state index contributed by atoms with van der Waals surface area (Å²) in [6.07, 6.45) is 1.49. The van der Waals surface area contributed by atoms with Gasteiger partial charge in [0, 0.05) is 5.92 Å². The monoisotopic (exact) mass is 208 g/mol. The zero-order valence-electron chi connectivity index (χ0n) is 8.56. The van der Waals surface area contributed by atoms with E-state index in [0.717, 1.165) is 0 Å². The molecule has 0 saturated heterocycles. The summed E-state index contributed by atoms with van der Waals surface area (Å²) in [4.78, 5) is 18.1. The van der Waals surface area contributed by atoms with Crippen molar-refractivity contribution in [1.29, 1.82) is 0 Å². The van der Waals surface area contributed by atoms with Crippen LogP contribution < -0.4 is 5.56 Å². The highest BCUT2D eigenvalue weighted by Crippen LogP contribution is 2.11. The molecule has 0 fully saturated rings. The number of aliphatic hydroxyl groups is 1. The molecule has 2 rings (SSSR count). The number of aromatic amines is 1. The summed E-state index contributed by atoms with van der Waals surface area (Å²) in [5, 5.41) is 13.0. The second kappa shape index (κ2) is 3.47. The lowest BCUT2D eigenvalue weighted by atomic mass is 10.2. The zero-order chi connectivity index (χ0) is 11.0. The van der Waals surface area contributed by atoms with Crippen LogP contribution in [0.2, 0.25) is 0 Å². The number of rotatable bonds is 2. The van der Waals surface area contributed by atoms with Gasteiger partial charge in [0.2, 0.25) is 0 Å². The summed E-state index contributed by atoms with van der Waals surface area (Å²) >= 11 is 0. The summed E-state index contributed by atoms with van der Waals surface area (Å²) < 4.78 is 1.48. The highest BCUT2D eigenvalue weighted by molar-refractivity contribution is 5.42. The van der Waals surface area contributed by atoms with Gasteiger partial charge in [0.1, 0.15) is 12.4 Å². The van der Waals surface area contributed by atoms with E-state index in [1.54, 1.807) is 0 Å². The first-order valence-corrected chi connectivity index (χ1v) is 4.71. The molecule has 0 unspecified atom stereocenters. The van der Waals surface area contributed by atoms with Gasteiger partial charge >= 0.3 is 0 Å². The summed E-state index contributed by atoms with van der Waals surface area (Å²) in [5.41, 5.74) is 0.115. The average molecular weight is 208 g/mol. The molecule has 0 aliphatic rings. The Morgan fingerprint density at radius 3 is 2.93 bits per heavy atom. The molecule has 2 aromatic rings. The van der Waals surface area contributed by atoms with Crippen LogP contribution in [0.3, 0.4) is 0 Å². The standard InChI is InChI=1S/C9H12N4O2/c1-5(2)8-10-3-6-9(15)11-7(4-14)12-13(6)8/h3,5,14H,4H2,1-2H3,(H,11,12,15). The Hall–Kier alpha value is -1.69. The van der Waals surface area contributed by atoms with Crippen LogP contribution in [0.1, 0.15) is 31.4 Å². The van der Waals surface area contributed by atoms with E-state index in [1.165, 1.54) is 10.7 Å². The molecule has 0 aliphatic heterocycles. The van der Waals surface area contributed by atoms with Gasteiger partial charge in [0.25, 0.3) is 5.56 Å². The number of nitrogens with one attached hydrogen (secondary N) is 1. The fourth-order valence-corrected chi connectivity index (χ4v) is 1.43. The number of imidazole rings is 1. The molecule has 0 aromatic carbocycles. The number of H-pyrrole nitrogens is 1. The first-order valence-electron chi connectivity index (χ1n) is 4.71. The molecule has 80 valence electrons. The Labute approximate surface area is 85.6 Å². The van der Waals surface area contributed by atoms with Crippen LogP contribution in [0, 0.1) is 0 Å². The predicted octanol–water partition coefficient (Wildman–Crippen LogP) is 0.0333. The van der Waals surface area contributed by atoms with Gasteiger partial charge in [-0.05, 0) is 0 Å². The fourth-order valence-electron chi connectivity index (χ4n) is 1.43. The highest BCUT2D eigenvalue weighted by Gasteiger charge is 2.11. The van der Waals surface area contributed by atoms with Crippen LogP contribution >= 0.6 is 0 Å². The van der Waals surface area contributed by atoms with Gasteiger partial charge in [-0.1, -0.05) is 13.8 Å². The third-order valence-corrected chi connectivity index (χ3v) is 2.14. The van der Waals surface area contributed by atoms with E-state index in [4.69, 9.17) is 5.11 Å². The van der Waals surface area contributed by atoms with Crippen molar-refractivity contribution in [3.05, 3.63) is 28.2 Å². The van der Waals surface area contributed by atoms with E-state index in [9.17, 15) is 4.79 Å². The maximum atomic E-state index is 11.5. The maximum absolute atomic E-state index is 11.5. The molecule has 0 spiro atoms. The van der Waals surface area contributed by atoms with Crippen LogP contribution in [-0.4, -0.2) is 24.7 Å². The van der Waals surface area contributed by atoms with Crippen molar-refractivity contribution < 1.29 is 5.11 Å². The van der Waals surface area contributed by atoms with Crippen LogP contribution in [0.15, 0.2) is 11.0 Å². The fraction of sp³-hybridized carbons (Fsp3) is 0.444. The molecule has 0 saturated carbocycles. The topological polar surface area (TPSA) is 83.3 Å². The van der Waals surface area contributed by atoms with Crippen LogP contribution in [0.25, 0.3) is 5.52 Å². The van der Waals surface area contributed by atoms with E-state index in [0.29, 0.717) is 11.3 Å². The molecular weight excluding hydrogens is 196 g/mol.